The van der Waals surface area contributed by atoms with Gasteiger partial charge in [-0.3, -0.25) is 4.98 Å². The highest BCUT2D eigenvalue weighted by Crippen LogP contribution is 2.18. The van der Waals surface area contributed by atoms with Crippen molar-refractivity contribution < 1.29 is 4.74 Å². The zero-order valence-corrected chi connectivity index (χ0v) is 11.6. The number of aromatic nitrogens is 1. The van der Waals surface area contributed by atoms with Gasteiger partial charge in [-0.1, -0.05) is 6.92 Å². The zero-order valence-electron chi connectivity index (χ0n) is 11.6. The Balaban J connectivity index is 2.53. The lowest BCUT2D eigenvalue weighted by molar-refractivity contribution is 0.371. The number of hydrogen-bond donors (Lipinski definition) is 1. The summed E-state index contributed by atoms with van der Waals surface area (Å²) in [5, 5.41) is 3.51. The van der Waals surface area contributed by atoms with Gasteiger partial charge < -0.3 is 10.1 Å². The molecule has 3 heteroatoms. The van der Waals surface area contributed by atoms with Gasteiger partial charge >= 0.3 is 0 Å². The van der Waals surface area contributed by atoms with Crippen LogP contribution in [0.5, 0.6) is 5.75 Å². The van der Waals surface area contributed by atoms with Crippen molar-refractivity contribution in [2.45, 2.75) is 39.7 Å². The molecule has 0 spiro atoms. The van der Waals surface area contributed by atoms with E-state index < -0.39 is 0 Å². The third-order valence-corrected chi connectivity index (χ3v) is 2.59. The third-order valence-electron chi connectivity index (χ3n) is 2.59. The molecule has 1 heterocycles. The molecular formula is C14H24N2O. The summed E-state index contributed by atoms with van der Waals surface area (Å²) in [6.07, 6.45) is 2.76. The van der Waals surface area contributed by atoms with E-state index in [9.17, 15) is 0 Å². The highest BCUT2D eigenvalue weighted by Gasteiger charge is 2.13. The monoisotopic (exact) mass is 236 g/mol. The molecule has 0 amide bonds. The molecule has 0 radical (unpaired) electrons. The van der Waals surface area contributed by atoms with E-state index in [0.29, 0.717) is 5.92 Å². The van der Waals surface area contributed by atoms with E-state index in [0.717, 1.165) is 24.4 Å². The van der Waals surface area contributed by atoms with Crippen LogP contribution in [-0.2, 0) is 6.42 Å². The minimum absolute atomic E-state index is 0.169. The van der Waals surface area contributed by atoms with Gasteiger partial charge in [0.2, 0.25) is 0 Å². The Hall–Kier alpha value is -1.09. The second kappa shape index (κ2) is 6.01. The molecule has 0 bridgehead atoms. The number of nitrogens with zero attached hydrogens (tertiary/aromatic N) is 1. The fourth-order valence-corrected chi connectivity index (χ4v) is 1.65. The first-order chi connectivity index (χ1) is 7.92. The maximum Gasteiger partial charge on any atom is 0.140 e. The molecule has 1 N–H and O–H groups in total. The van der Waals surface area contributed by atoms with E-state index in [-0.39, 0.29) is 5.54 Å². The molecule has 3 nitrogen and oxygen atoms in total. The van der Waals surface area contributed by atoms with Crippen LogP contribution in [0.3, 0.4) is 0 Å². The van der Waals surface area contributed by atoms with Gasteiger partial charge in [-0.15, -0.1) is 0 Å². The topological polar surface area (TPSA) is 34.1 Å². The fourth-order valence-electron chi connectivity index (χ4n) is 1.65. The Morgan fingerprint density at radius 1 is 1.41 bits per heavy atom. The van der Waals surface area contributed by atoms with E-state index in [1.54, 1.807) is 7.11 Å². The summed E-state index contributed by atoms with van der Waals surface area (Å²) >= 11 is 0. The average Bonchev–Trinajstić information content (AvgIpc) is 2.26. The molecule has 0 aliphatic heterocycles. The number of pyridine rings is 1. The van der Waals surface area contributed by atoms with Crippen molar-refractivity contribution in [2.24, 2.45) is 5.92 Å². The van der Waals surface area contributed by atoms with Gasteiger partial charge in [0.25, 0.3) is 0 Å². The molecule has 0 fully saturated rings. The highest BCUT2D eigenvalue weighted by molar-refractivity contribution is 5.26. The number of nitrogens with one attached hydrogen (secondary N) is 1. The van der Waals surface area contributed by atoms with E-state index >= 15 is 0 Å². The minimum Gasteiger partial charge on any atom is -0.495 e. The number of hydrogen-bond acceptors (Lipinski definition) is 3. The molecule has 0 aliphatic carbocycles. The van der Waals surface area contributed by atoms with Crippen molar-refractivity contribution in [3.63, 3.8) is 0 Å². The molecule has 0 saturated carbocycles. The van der Waals surface area contributed by atoms with Crippen LogP contribution in [0.1, 0.15) is 33.4 Å². The van der Waals surface area contributed by atoms with Crippen LogP contribution in [0.2, 0.25) is 0 Å². The van der Waals surface area contributed by atoms with E-state index in [1.165, 1.54) is 0 Å². The van der Waals surface area contributed by atoms with Crippen molar-refractivity contribution in [2.75, 3.05) is 13.7 Å². The first-order valence-corrected chi connectivity index (χ1v) is 6.15. The predicted molar refractivity (Wildman–Crippen MR) is 71.4 cm³/mol. The van der Waals surface area contributed by atoms with Gasteiger partial charge in [0.05, 0.1) is 12.8 Å². The van der Waals surface area contributed by atoms with Crippen LogP contribution in [-0.4, -0.2) is 24.2 Å². The van der Waals surface area contributed by atoms with Gasteiger partial charge in [0.15, 0.2) is 0 Å². The van der Waals surface area contributed by atoms with Crippen molar-refractivity contribution in [1.29, 1.82) is 0 Å². The third kappa shape index (κ3) is 5.18. The quantitative estimate of drug-likeness (QED) is 0.853. The maximum absolute atomic E-state index is 5.31. The number of methoxy groups -OCH3 is 1. The SMILES string of the molecule is COc1cccnc1CC(C)CNC(C)(C)C. The summed E-state index contributed by atoms with van der Waals surface area (Å²) in [5.74, 6) is 1.42. The number of ether oxygens (including phenoxy) is 1. The molecule has 0 saturated heterocycles. The summed E-state index contributed by atoms with van der Waals surface area (Å²) in [6.45, 7) is 9.76. The lowest BCUT2D eigenvalue weighted by atomic mass is 10.0. The predicted octanol–water partition coefficient (Wildman–Crippen LogP) is 2.66. The molecule has 1 rings (SSSR count). The van der Waals surface area contributed by atoms with Gasteiger partial charge in [0, 0.05) is 11.7 Å². The van der Waals surface area contributed by atoms with E-state index in [4.69, 9.17) is 4.74 Å². The Kier molecular flexibility index (Phi) is 4.94. The molecule has 0 aromatic carbocycles. The standard InChI is InChI=1S/C14H24N2O/c1-11(10-16-14(2,3)4)9-12-13(17-5)7-6-8-15-12/h6-8,11,16H,9-10H2,1-5H3. The van der Waals surface area contributed by atoms with Crippen LogP contribution in [0.4, 0.5) is 0 Å². The molecule has 0 aliphatic rings. The van der Waals surface area contributed by atoms with Crippen LogP contribution < -0.4 is 10.1 Å². The Morgan fingerprint density at radius 3 is 2.71 bits per heavy atom. The summed E-state index contributed by atoms with van der Waals surface area (Å²) < 4.78 is 5.31. The second-order valence-electron chi connectivity index (χ2n) is 5.59. The van der Waals surface area contributed by atoms with Gasteiger partial charge in [-0.2, -0.15) is 0 Å². The Bertz CT molecular complexity index is 344. The lowest BCUT2D eigenvalue weighted by Crippen LogP contribution is -2.39. The summed E-state index contributed by atoms with van der Waals surface area (Å²) in [4.78, 5) is 4.38. The maximum atomic E-state index is 5.31. The zero-order chi connectivity index (χ0) is 12.9. The first kappa shape index (κ1) is 14.0. The molecule has 17 heavy (non-hydrogen) atoms. The van der Waals surface area contributed by atoms with Crippen molar-refractivity contribution in [3.05, 3.63) is 24.0 Å². The van der Waals surface area contributed by atoms with E-state index in [2.05, 4.69) is 38.0 Å². The van der Waals surface area contributed by atoms with E-state index in [1.807, 2.05) is 18.3 Å². The second-order valence-corrected chi connectivity index (χ2v) is 5.59. The molecule has 1 atom stereocenters. The average molecular weight is 236 g/mol. The molecule has 96 valence electrons. The van der Waals surface area contributed by atoms with Crippen molar-refractivity contribution in [1.82, 2.24) is 10.3 Å². The van der Waals surface area contributed by atoms with Crippen molar-refractivity contribution in [3.8, 4) is 5.75 Å². The normalized spacial score (nSPS) is 13.5. The molecule has 1 aromatic heterocycles. The molecular weight excluding hydrogens is 212 g/mol. The van der Waals surface area contributed by atoms with Crippen LogP contribution in [0.15, 0.2) is 18.3 Å². The highest BCUT2D eigenvalue weighted by atomic mass is 16.5. The summed E-state index contributed by atoms with van der Waals surface area (Å²) in [7, 11) is 1.69. The van der Waals surface area contributed by atoms with Crippen molar-refractivity contribution >= 4 is 0 Å². The summed E-state index contributed by atoms with van der Waals surface area (Å²) in [6, 6.07) is 3.87. The van der Waals surface area contributed by atoms with Gasteiger partial charge in [-0.25, -0.2) is 0 Å². The minimum atomic E-state index is 0.169. The molecule has 1 unspecified atom stereocenters. The van der Waals surface area contributed by atoms with Crippen LogP contribution >= 0.6 is 0 Å². The van der Waals surface area contributed by atoms with Crippen LogP contribution in [0.25, 0.3) is 0 Å². The lowest BCUT2D eigenvalue weighted by Gasteiger charge is -2.23. The fraction of sp³-hybridized carbons (Fsp3) is 0.643. The Labute approximate surface area is 105 Å². The van der Waals surface area contributed by atoms with Gasteiger partial charge in [-0.05, 0) is 51.8 Å². The number of rotatable bonds is 5. The Morgan fingerprint density at radius 2 is 2.12 bits per heavy atom. The smallest absolute Gasteiger partial charge is 0.140 e. The largest absolute Gasteiger partial charge is 0.495 e. The summed E-state index contributed by atoms with van der Waals surface area (Å²) in [5.41, 5.74) is 1.21. The van der Waals surface area contributed by atoms with Gasteiger partial charge in [0.1, 0.15) is 5.75 Å². The molecule has 1 aromatic rings. The van der Waals surface area contributed by atoms with Crippen LogP contribution in [0, 0.1) is 5.92 Å². The first-order valence-electron chi connectivity index (χ1n) is 6.15.